The lowest BCUT2D eigenvalue weighted by molar-refractivity contribution is -0.139. The number of carbonyl (C=O) groups excluding carboxylic acids is 2. The molecule has 18 heavy (non-hydrogen) atoms. The number of nitrogen functional groups attached to an aromatic ring is 1. The Morgan fingerprint density at radius 2 is 2.11 bits per heavy atom. The molecule has 0 bridgehead atoms. The van der Waals surface area contributed by atoms with E-state index in [2.05, 4.69) is 14.5 Å². The van der Waals surface area contributed by atoms with Crippen LogP contribution in [0.15, 0.2) is 18.3 Å². The highest BCUT2D eigenvalue weighted by molar-refractivity contribution is 5.94. The lowest BCUT2D eigenvalue weighted by atomic mass is 10.1. The summed E-state index contributed by atoms with van der Waals surface area (Å²) >= 11 is 0. The van der Waals surface area contributed by atoms with Gasteiger partial charge in [0.1, 0.15) is 11.4 Å². The second-order valence-electron chi connectivity index (χ2n) is 3.38. The SMILES string of the molecule is COC(=O)CC=Cc1cnc(N)c(C(=O)OC)c1. The highest BCUT2D eigenvalue weighted by Crippen LogP contribution is 2.13. The Kier molecular flexibility index (Phi) is 4.86. The number of aromatic nitrogens is 1. The smallest absolute Gasteiger partial charge is 0.341 e. The number of ether oxygens (including phenoxy) is 2. The zero-order valence-corrected chi connectivity index (χ0v) is 10.2. The number of anilines is 1. The monoisotopic (exact) mass is 250 g/mol. The summed E-state index contributed by atoms with van der Waals surface area (Å²) in [7, 11) is 2.58. The minimum atomic E-state index is -0.553. The summed E-state index contributed by atoms with van der Waals surface area (Å²) in [5.41, 5.74) is 6.39. The minimum absolute atomic E-state index is 0.104. The van der Waals surface area contributed by atoms with Crippen LogP contribution in [0.25, 0.3) is 6.08 Å². The van der Waals surface area contributed by atoms with Gasteiger partial charge in [0, 0.05) is 6.20 Å². The van der Waals surface area contributed by atoms with Crippen LogP contribution in [-0.2, 0) is 14.3 Å². The van der Waals surface area contributed by atoms with Crippen molar-refractivity contribution in [1.82, 2.24) is 4.98 Å². The lowest BCUT2D eigenvalue weighted by Crippen LogP contribution is -2.07. The van der Waals surface area contributed by atoms with Crippen LogP contribution in [0.1, 0.15) is 22.3 Å². The van der Waals surface area contributed by atoms with Gasteiger partial charge in [0.25, 0.3) is 0 Å². The fourth-order valence-electron chi connectivity index (χ4n) is 1.23. The maximum absolute atomic E-state index is 11.4. The van der Waals surface area contributed by atoms with Crippen LogP contribution >= 0.6 is 0 Å². The molecule has 0 saturated heterocycles. The fraction of sp³-hybridized carbons (Fsp3) is 0.250. The van der Waals surface area contributed by atoms with E-state index >= 15 is 0 Å². The third kappa shape index (κ3) is 3.58. The summed E-state index contributed by atoms with van der Waals surface area (Å²) in [5, 5.41) is 0. The molecule has 6 heteroatoms. The van der Waals surface area contributed by atoms with Crippen molar-refractivity contribution in [1.29, 1.82) is 0 Å². The van der Waals surface area contributed by atoms with Crippen molar-refractivity contribution >= 4 is 23.8 Å². The van der Waals surface area contributed by atoms with E-state index in [0.29, 0.717) is 5.56 Å². The molecule has 6 nitrogen and oxygen atoms in total. The molecule has 0 fully saturated rings. The highest BCUT2D eigenvalue weighted by atomic mass is 16.5. The van der Waals surface area contributed by atoms with E-state index in [0.717, 1.165) is 0 Å². The largest absolute Gasteiger partial charge is 0.469 e. The zero-order chi connectivity index (χ0) is 13.5. The first-order valence-corrected chi connectivity index (χ1v) is 5.15. The standard InChI is InChI=1S/C12H14N2O4/c1-17-10(15)5-3-4-8-6-9(12(16)18-2)11(13)14-7-8/h3-4,6-7H,5H2,1-2H3,(H2,13,14). The molecule has 1 heterocycles. The van der Waals surface area contributed by atoms with E-state index in [9.17, 15) is 9.59 Å². The Labute approximate surface area is 104 Å². The van der Waals surface area contributed by atoms with Crippen LogP contribution in [0.3, 0.4) is 0 Å². The van der Waals surface area contributed by atoms with Crippen LogP contribution in [0.5, 0.6) is 0 Å². The number of pyridine rings is 1. The van der Waals surface area contributed by atoms with Crippen LogP contribution in [0.4, 0.5) is 5.82 Å². The summed E-state index contributed by atoms with van der Waals surface area (Å²) < 4.78 is 9.06. The van der Waals surface area contributed by atoms with Gasteiger partial charge < -0.3 is 15.2 Å². The predicted octanol–water partition coefficient (Wildman–Crippen LogP) is 1.03. The maximum atomic E-state index is 11.4. The number of nitrogens with two attached hydrogens (primary N) is 1. The Bertz CT molecular complexity index is 483. The van der Waals surface area contributed by atoms with Gasteiger partial charge in [-0.05, 0) is 11.6 Å². The number of nitrogens with zero attached hydrogens (tertiary/aromatic N) is 1. The number of esters is 2. The van der Waals surface area contributed by atoms with Crippen LogP contribution in [-0.4, -0.2) is 31.1 Å². The van der Waals surface area contributed by atoms with Crippen molar-refractivity contribution in [2.24, 2.45) is 0 Å². The summed E-state index contributed by atoms with van der Waals surface area (Å²) in [5.74, 6) is -0.793. The lowest BCUT2D eigenvalue weighted by Gasteiger charge is -2.03. The molecule has 0 aromatic carbocycles. The molecule has 0 atom stereocenters. The van der Waals surface area contributed by atoms with Gasteiger partial charge in [0.2, 0.25) is 0 Å². The molecule has 0 aliphatic carbocycles. The van der Waals surface area contributed by atoms with Crippen LogP contribution < -0.4 is 5.73 Å². The normalized spacial score (nSPS) is 10.3. The fourth-order valence-corrected chi connectivity index (χ4v) is 1.23. The topological polar surface area (TPSA) is 91.5 Å². The number of carbonyl (C=O) groups is 2. The van der Waals surface area contributed by atoms with Crippen molar-refractivity contribution in [3.63, 3.8) is 0 Å². The number of methoxy groups -OCH3 is 2. The quantitative estimate of drug-likeness (QED) is 0.802. The number of rotatable bonds is 4. The molecule has 0 spiro atoms. The Morgan fingerprint density at radius 1 is 1.39 bits per heavy atom. The molecule has 0 aliphatic rings. The average Bonchev–Trinajstić information content (AvgIpc) is 2.39. The summed E-state index contributed by atoms with van der Waals surface area (Å²) in [6.45, 7) is 0. The van der Waals surface area contributed by atoms with Gasteiger partial charge in [0.05, 0.1) is 20.6 Å². The van der Waals surface area contributed by atoms with Crippen molar-refractivity contribution < 1.29 is 19.1 Å². The van der Waals surface area contributed by atoms with E-state index in [1.54, 1.807) is 18.2 Å². The second-order valence-corrected chi connectivity index (χ2v) is 3.38. The molecular formula is C12H14N2O4. The first kappa shape index (κ1) is 13.7. The van der Waals surface area contributed by atoms with Gasteiger partial charge in [-0.2, -0.15) is 0 Å². The molecule has 0 radical (unpaired) electrons. The third-order valence-electron chi connectivity index (χ3n) is 2.17. The van der Waals surface area contributed by atoms with Gasteiger partial charge in [-0.25, -0.2) is 9.78 Å². The Balaban J connectivity index is 2.85. The Morgan fingerprint density at radius 3 is 2.72 bits per heavy atom. The summed E-state index contributed by atoms with van der Waals surface area (Å²) in [6, 6.07) is 1.54. The molecule has 0 unspecified atom stereocenters. The van der Waals surface area contributed by atoms with E-state index < -0.39 is 5.97 Å². The first-order valence-electron chi connectivity index (χ1n) is 5.15. The summed E-state index contributed by atoms with van der Waals surface area (Å²) in [4.78, 5) is 26.1. The van der Waals surface area contributed by atoms with E-state index in [1.165, 1.54) is 20.4 Å². The van der Waals surface area contributed by atoms with Crippen molar-refractivity contribution in [2.75, 3.05) is 20.0 Å². The van der Waals surface area contributed by atoms with E-state index in [4.69, 9.17) is 5.73 Å². The molecule has 0 aliphatic heterocycles. The number of hydrogen-bond acceptors (Lipinski definition) is 6. The molecule has 1 aromatic heterocycles. The second kappa shape index (κ2) is 6.39. The molecular weight excluding hydrogens is 236 g/mol. The molecule has 0 saturated carbocycles. The van der Waals surface area contributed by atoms with Gasteiger partial charge in [-0.1, -0.05) is 12.2 Å². The molecule has 2 N–H and O–H groups in total. The highest BCUT2D eigenvalue weighted by Gasteiger charge is 2.10. The maximum Gasteiger partial charge on any atom is 0.341 e. The van der Waals surface area contributed by atoms with Gasteiger partial charge >= 0.3 is 11.9 Å². The van der Waals surface area contributed by atoms with Gasteiger partial charge in [-0.15, -0.1) is 0 Å². The van der Waals surface area contributed by atoms with E-state index in [-0.39, 0.29) is 23.8 Å². The average molecular weight is 250 g/mol. The van der Waals surface area contributed by atoms with Crippen LogP contribution in [0, 0.1) is 0 Å². The third-order valence-corrected chi connectivity index (χ3v) is 2.17. The van der Waals surface area contributed by atoms with Crippen molar-refractivity contribution in [3.05, 3.63) is 29.5 Å². The van der Waals surface area contributed by atoms with Gasteiger partial charge in [-0.3, -0.25) is 4.79 Å². The Hall–Kier alpha value is -2.37. The molecule has 1 rings (SSSR count). The van der Waals surface area contributed by atoms with Gasteiger partial charge in [0.15, 0.2) is 0 Å². The van der Waals surface area contributed by atoms with E-state index in [1.807, 2.05) is 0 Å². The summed E-state index contributed by atoms with van der Waals surface area (Å²) in [6.07, 6.45) is 4.90. The minimum Gasteiger partial charge on any atom is -0.469 e. The molecule has 96 valence electrons. The first-order chi connectivity index (χ1) is 8.58. The predicted molar refractivity (Wildman–Crippen MR) is 65.7 cm³/mol. The van der Waals surface area contributed by atoms with Crippen molar-refractivity contribution in [3.8, 4) is 0 Å². The molecule has 0 amide bonds. The van der Waals surface area contributed by atoms with Crippen molar-refractivity contribution in [2.45, 2.75) is 6.42 Å². The number of hydrogen-bond donors (Lipinski definition) is 1. The van der Waals surface area contributed by atoms with Crippen LogP contribution in [0.2, 0.25) is 0 Å². The molecule has 1 aromatic rings. The zero-order valence-electron chi connectivity index (χ0n) is 10.2.